The van der Waals surface area contributed by atoms with Gasteiger partial charge in [0.05, 0.1) is 12.5 Å². The summed E-state index contributed by atoms with van der Waals surface area (Å²) in [4.78, 5) is 17.0. The van der Waals surface area contributed by atoms with Crippen molar-refractivity contribution in [3.05, 3.63) is 22.4 Å². The van der Waals surface area contributed by atoms with E-state index in [2.05, 4.69) is 26.6 Å². The van der Waals surface area contributed by atoms with Crippen LogP contribution in [0.1, 0.15) is 18.4 Å². The van der Waals surface area contributed by atoms with Crippen LogP contribution in [0.15, 0.2) is 16.8 Å². The SMILES string of the molecule is COCCN1C(=O)[C@@H]2CC[C@H]1CN(Cc1ccsc1)C2. The van der Waals surface area contributed by atoms with Crippen LogP contribution < -0.4 is 0 Å². The molecule has 3 aliphatic heterocycles. The van der Waals surface area contributed by atoms with E-state index in [9.17, 15) is 4.79 Å². The van der Waals surface area contributed by atoms with Crippen molar-refractivity contribution in [3.63, 3.8) is 0 Å². The van der Waals surface area contributed by atoms with Crippen LogP contribution in [0, 0.1) is 5.92 Å². The Morgan fingerprint density at radius 2 is 2.30 bits per heavy atom. The number of hydrogen-bond acceptors (Lipinski definition) is 4. The molecule has 1 aromatic rings. The highest BCUT2D eigenvalue weighted by molar-refractivity contribution is 7.07. The number of ether oxygens (including phenoxy) is 1. The fourth-order valence-corrected chi connectivity index (χ4v) is 4.04. The second-order valence-corrected chi connectivity index (χ2v) is 6.56. The number of amides is 1. The molecule has 2 bridgehead atoms. The third-order valence-corrected chi connectivity index (χ3v) is 5.12. The molecule has 5 heteroatoms. The molecule has 0 spiro atoms. The molecule has 20 heavy (non-hydrogen) atoms. The van der Waals surface area contributed by atoms with Crippen LogP contribution in [0.4, 0.5) is 0 Å². The van der Waals surface area contributed by atoms with Gasteiger partial charge in [0.15, 0.2) is 0 Å². The fraction of sp³-hybridized carbons (Fsp3) is 0.667. The first-order chi connectivity index (χ1) is 9.78. The highest BCUT2D eigenvalue weighted by atomic mass is 32.1. The Balaban J connectivity index is 1.69. The van der Waals surface area contributed by atoms with Gasteiger partial charge < -0.3 is 9.64 Å². The Bertz CT molecular complexity index is 449. The lowest BCUT2D eigenvalue weighted by Crippen LogP contribution is -2.49. The van der Waals surface area contributed by atoms with Crippen LogP contribution in [-0.4, -0.2) is 55.1 Å². The van der Waals surface area contributed by atoms with Gasteiger partial charge in [0.25, 0.3) is 0 Å². The summed E-state index contributed by atoms with van der Waals surface area (Å²) in [5, 5.41) is 4.33. The minimum Gasteiger partial charge on any atom is -0.383 e. The van der Waals surface area contributed by atoms with Gasteiger partial charge in [-0.2, -0.15) is 11.3 Å². The predicted molar refractivity (Wildman–Crippen MR) is 79.7 cm³/mol. The van der Waals surface area contributed by atoms with Crippen molar-refractivity contribution in [1.82, 2.24) is 9.80 Å². The molecule has 3 saturated heterocycles. The lowest BCUT2D eigenvalue weighted by Gasteiger charge is -2.35. The Labute approximate surface area is 124 Å². The van der Waals surface area contributed by atoms with Gasteiger partial charge in [-0.25, -0.2) is 0 Å². The lowest BCUT2D eigenvalue weighted by atomic mass is 9.94. The highest BCUT2D eigenvalue weighted by Gasteiger charge is 2.40. The van der Waals surface area contributed by atoms with Crippen molar-refractivity contribution in [2.75, 3.05) is 33.4 Å². The average Bonchev–Trinajstić information content (AvgIpc) is 2.81. The summed E-state index contributed by atoms with van der Waals surface area (Å²) in [6.45, 7) is 4.26. The predicted octanol–water partition coefficient (Wildman–Crippen LogP) is 1.82. The van der Waals surface area contributed by atoms with Crippen LogP contribution in [0.25, 0.3) is 0 Å². The van der Waals surface area contributed by atoms with Crippen LogP contribution >= 0.6 is 11.3 Å². The second-order valence-electron chi connectivity index (χ2n) is 5.78. The molecule has 0 N–H and O–H groups in total. The third-order valence-electron chi connectivity index (χ3n) is 4.39. The third kappa shape index (κ3) is 2.90. The van der Waals surface area contributed by atoms with E-state index in [0.717, 1.165) is 39.0 Å². The summed E-state index contributed by atoms with van der Waals surface area (Å²) in [6.07, 6.45) is 2.19. The Morgan fingerprint density at radius 1 is 1.40 bits per heavy atom. The summed E-state index contributed by atoms with van der Waals surface area (Å²) in [7, 11) is 1.70. The number of nitrogens with zero attached hydrogens (tertiary/aromatic N) is 2. The van der Waals surface area contributed by atoms with Crippen molar-refractivity contribution < 1.29 is 9.53 Å². The van der Waals surface area contributed by atoms with Crippen molar-refractivity contribution >= 4 is 17.2 Å². The van der Waals surface area contributed by atoms with E-state index in [4.69, 9.17) is 4.74 Å². The van der Waals surface area contributed by atoms with E-state index in [1.165, 1.54) is 5.56 Å². The van der Waals surface area contributed by atoms with E-state index in [1.54, 1.807) is 18.4 Å². The zero-order valence-electron chi connectivity index (χ0n) is 12.0. The number of hydrogen-bond donors (Lipinski definition) is 0. The maximum atomic E-state index is 12.5. The summed E-state index contributed by atoms with van der Waals surface area (Å²) in [6, 6.07) is 2.55. The number of piperidine rings is 1. The van der Waals surface area contributed by atoms with Crippen LogP contribution in [0.2, 0.25) is 0 Å². The fourth-order valence-electron chi connectivity index (χ4n) is 3.38. The minimum atomic E-state index is 0.184. The number of carbonyl (C=O) groups excluding carboxylic acids is 1. The molecule has 0 aromatic carbocycles. The molecule has 4 heterocycles. The van der Waals surface area contributed by atoms with Gasteiger partial charge in [-0.05, 0) is 35.2 Å². The smallest absolute Gasteiger partial charge is 0.227 e. The number of fused-ring (bicyclic) bond motifs is 4. The molecule has 2 atom stereocenters. The van der Waals surface area contributed by atoms with Crippen LogP contribution in [0.5, 0.6) is 0 Å². The van der Waals surface area contributed by atoms with Gasteiger partial charge in [0, 0.05) is 39.3 Å². The van der Waals surface area contributed by atoms with E-state index in [-0.39, 0.29) is 5.92 Å². The largest absolute Gasteiger partial charge is 0.383 e. The number of methoxy groups -OCH3 is 1. The molecule has 0 radical (unpaired) electrons. The van der Waals surface area contributed by atoms with E-state index < -0.39 is 0 Å². The number of rotatable bonds is 5. The van der Waals surface area contributed by atoms with E-state index in [1.807, 2.05) is 0 Å². The molecule has 1 aromatic heterocycles. The van der Waals surface area contributed by atoms with Gasteiger partial charge in [-0.1, -0.05) is 0 Å². The Morgan fingerprint density at radius 3 is 3.05 bits per heavy atom. The second kappa shape index (κ2) is 6.24. The molecular formula is C15H22N2O2S. The maximum absolute atomic E-state index is 12.5. The normalized spacial score (nSPS) is 27.1. The molecule has 0 aliphatic carbocycles. The van der Waals surface area contributed by atoms with Gasteiger partial charge in [-0.3, -0.25) is 9.69 Å². The van der Waals surface area contributed by atoms with Crippen LogP contribution in [-0.2, 0) is 16.1 Å². The molecule has 4 nitrogen and oxygen atoms in total. The topological polar surface area (TPSA) is 32.8 Å². The molecule has 3 aliphatic rings. The van der Waals surface area contributed by atoms with Gasteiger partial charge >= 0.3 is 0 Å². The van der Waals surface area contributed by atoms with Crippen molar-refractivity contribution in [2.24, 2.45) is 5.92 Å². The molecular weight excluding hydrogens is 272 g/mol. The minimum absolute atomic E-state index is 0.184. The standard InChI is InChI=1S/C15H22N2O2S/c1-19-6-5-17-14-3-2-13(15(17)18)9-16(10-14)8-12-4-7-20-11-12/h4,7,11,13-14H,2-3,5-6,8-10H2,1H3/t13-,14+/m1/s1. The van der Waals surface area contributed by atoms with E-state index >= 15 is 0 Å². The molecule has 0 unspecified atom stereocenters. The Hall–Kier alpha value is -0.910. The first-order valence-corrected chi connectivity index (χ1v) is 8.25. The van der Waals surface area contributed by atoms with Crippen molar-refractivity contribution in [1.29, 1.82) is 0 Å². The summed E-state index contributed by atoms with van der Waals surface area (Å²) in [5.41, 5.74) is 1.37. The van der Waals surface area contributed by atoms with Crippen LogP contribution in [0.3, 0.4) is 0 Å². The van der Waals surface area contributed by atoms with Crippen molar-refractivity contribution in [2.45, 2.75) is 25.4 Å². The molecule has 4 rings (SSSR count). The lowest BCUT2D eigenvalue weighted by molar-refractivity contribution is -0.140. The number of thiophene rings is 1. The molecule has 110 valence electrons. The highest BCUT2D eigenvalue weighted by Crippen LogP contribution is 2.29. The van der Waals surface area contributed by atoms with Gasteiger partial charge in [-0.15, -0.1) is 0 Å². The zero-order chi connectivity index (χ0) is 13.9. The van der Waals surface area contributed by atoms with E-state index in [0.29, 0.717) is 18.6 Å². The zero-order valence-corrected chi connectivity index (χ0v) is 12.8. The average molecular weight is 294 g/mol. The Kier molecular flexibility index (Phi) is 4.38. The quantitative estimate of drug-likeness (QED) is 0.830. The summed E-state index contributed by atoms with van der Waals surface area (Å²) >= 11 is 1.74. The van der Waals surface area contributed by atoms with Gasteiger partial charge in [0.2, 0.25) is 5.91 Å². The summed E-state index contributed by atoms with van der Waals surface area (Å²) in [5.74, 6) is 0.523. The maximum Gasteiger partial charge on any atom is 0.227 e. The molecule has 0 saturated carbocycles. The first kappa shape index (κ1) is 14.0. The van der Waals surface area contributed by atoms with Gasteiger partial charge in [0.1, 0.15) is 0 Å². The monoisotopic (exact) mass is 294 g/mol. The van der Waals surface area contributed by atoms with Crippen molar-refractivity contribution in [3.8, 4) is 0 Å². The molecule has 3 fully saturated rings. The number of carbonyl (C=O) groups is 1. The first-order valence-electron chi connectivity index (χ1n) is 7.31. The summed E-state index contributed by atoms with van der Waals surface area (Å²) < 4.78 is 5.15. The molecule has 1 amide bonds.